The molecule has 28 heavy (non-hydrogen) atoms. The van der Waals surface area contributed by atoms with Gasteiger partial charge in [-0.1, -0.05) is 17.7 Å². The molecule has 0 radical (unpaired) electrons. The minimum Gasteiger partial charge on any atom is -0.490 e. The summed E-state index contributed by atoms with van der Waals surface area (Å²) in [5.74, 6) is 2.92. The summed E-state index contributed by atoms with van der Waals surface area (Å²) in [6, 6.07) is 11.3. The van der Waals surface area contributed by atoms with Gasteiger partial charge in [0.1, 0.15) is 6.29 Å². The van der Waals surface area contributed by atoms with Gasteiger partial charge >= 0.3 is 0 Å². The highest BCUT2D eigenvalue weighted by atomic mass is 16.7. The van der Waals surface area contributed by atoms with E-state index in [1.807, 2.05) is 13.0 Å². The first-order valence-electron chi connectivity index (χ1n) is 9.58. The molecule has 1 aliphatic rings. The van der Waals surface area contributed by atoms with Crippen LogP contribution in [0.1, 0.15) is 42.6 Å². The van der Waals surface area contributed by atoms with E-state index in [1.54, 1.807) is 18.2 Å². The maximum atomic E-state index is 10.9. The SMILES string of the molecule is CCOc1cc(C=O)ccc1OCCC=C(C)CCc1ccc2c(c1)OCO2. The van der Waals surface area contributed by atoms with Crippen LogP contribution in [0, 0.1) is 0 Å². The summed E-state index contributed by atoms with van der Waals surface area (Å²) < 4.78 is 22.2. The van der Waals surface area contributed by atoms with Crippen LogP contribution >= 0.6 is 0 Å². The van der Waals surface area contributed by atoms with Gasteiger partial charge in [-0.3, -0.25) is 4.79 Å². The van der Waals surface area contributed by atoms with Gasteiger partial charge < -0.3 is 18.9 Å². The normalized spacial score (nSPS) is 12.7. The predicted octanol–water partition coefficient (Wildman–Crippen LogP) is 4.97. The number of carbonyl (C=O) groups excluding carboxylic acids is 1. The van der Waals surface area contributed by atoms with Crippen molar-refractivity contribution in [2.75, 3.05) is 20.0 Å². The molecule has 0 saturated heterocycles. The highest BCUT2D eigenvalue weighted by molar-refractivity contribution is 5.76. The first-order chi connectivity index (χ1) is 13.7. The molecule has 0 aromatic heterocycles. The summed E-state index contributed by atoms with van der Waals surface area (Å²) in [7, 11) is 0. The topological polar surface area (TPSA) is 54.0 Å². The molecule has 2 aromatic carbocycles. The Labute approximate surface area is 165 Å². The fourth-order valence-electron chi connectivity index (χ4n) is 3.00. The van der Waals surface area contributed by atoms with Crippen molar-refractivity contribution in [1.29, 1.82) is 0 Å². The van der Waals surface area contributed by atoms with Gasteiger partial charge in [-0.2, -0.15) is 0 Å². The minimum atomic E-state index is 0.306. The van der Waals surface area contributed by atoms with E-state index in [-0.39, 0.29) is 0 Å². The van der Waals surface area contributed by atoms with Crippen LogP contribution in [0.2, 0.25) is 0 Å². The first kappa shape index (κ1) is 19.8. The molecule has 0 aliphatic carbocycles. The third-order valence-corrected chi connectivity index (χ3v) is 4.52. The number of rotatable bonds is 10. The molecule has 1 heterocycles. The van der Waals surface area contributed by atoms with Crippen LogP contribution in [0.15, 0.2) is 48.0 Å². The standard InChI is InChI=1S/C23H26O5/c1-3-25-22-14-19(15-24)9-11-20(22)26-12-4-5-17(2)6-7-18-8-10-21-23(13-18)28-16-27-21/h5,8-11,13-15H,3-4,6-7,12,16H2,1-2H3. The monoisotopic (exact) mass is 382 g/mol. The molecule has 1 aliphatic heterocycles. The maximum absolute atomic E-state index is 10.9. The Balaban J connectivity index is 1.46. The van der Waals surface area contributed by atoms with E-state index < -0.39 is 0 Å². The Morgan fingerprint density at radius 3 is 2.75 bits per heavy atom. The summed E-state index contributed by atoms with van der Waals surface area (Å²) in [5, 5.41) is 0. The molecular weight excluding hydrogens is 356 g/mol. The lowest BCUT2D eigenvalue weighted by atomic mass is 10.0. The third-order valence-electron chi connectivity index (χ3n) is 4.52. The number of fused-ring (bicyclic) bond motifs is 1. The second kappa shape index (κ2) is 9.83. The van der Waals surface area contributed by atoms with Gasteiger partial charge in [0.05, 0.1) is 13.2 Å². The molecule has 0 amide bonds. The van der Waals surface area contributed by atoms with Crippen LogP contribution in [0.3, 0.4) is 0 Å². The molecule has 0 atom stereocenters. The van der Waals surface area contributed by atoms with E-state index in [9.17, 15) is 4.79 Å². The molecule has 0 N–H and O–H groups in total. The molecule has 5 nitrogen and oxygen atoms in total. The molecule has 0 unspecified atom stereocenters. The lowest BCUT2D eigenvalue weighted by Crippen LogP contribution is -2.01. The van der Waals surface area contributed by atoms with Crippen molar-refractivity contribution in [3.05, 3.63) is 59.2 Å². The van der Waals surface area contributed by atoms with E-state index in [2.05, 4.69) is 25.1 Å². The number of hydrogen-bond donors (Lipinski definition) is 0. The zero-order chi connectivity index (χ0) is 19.8. The lowest BCUT2D eigenvalue weighted by Gasteiger charge is -2.12. The van der Waals surface area contributed by atoms with Crippen molar-refractivity contribution in [3.8, 4) is 23.0 Å². The Morgan fingerprint density at radius 2 is 1.93 bits per heavy atom. The summed E-state index contributed by atoms with van der Waals surface area (Å²) in [6.45, 7) is 5.43. The zero-order valence-corrected chi connectivity index (χ0v) is 16.4. The average molecular weight is 382 g/mol. The molecular formula is C23H26O5. The van der Waals surface area contributed by atoms with Crippen LogP contribution in [-0.4, -0.2) is 26.3 Å². The summed E-state index contributed by atoms with van der Waals surface area (Å²) in [4.78, 5) is 10.9. The number of carbonyl (C=O) groups is 1. The first-order valence-corrected chi connectivity index (χ1v) is 9.58. The van der Waals surface area contributed by atoms with Gasteiger partial charge in [-0.05, 0) is 69.0 Å². The van der Waals surface area contributed by atoms with Gasteiger partial charge in [0, 0.05) is 5.56 Å². The Hall–Kier alpha value is -2.95. The van der Waals surface area contributed by atoms with Gasteiger partial charge in [0.2, 0.25) is 6.79 Å². The number of aryl methyl sites for hydroxylation is 1. The van der Waals surface area contributed by atoms with Crippen molar-refractivity contribution in [1.82, 2.24) is 0 Å². The van der Waals surface area contributed by atoms with Crippen molar-refractivity contribution < 1.29 is 23.7 Å². The van der Waals surface area contributed by atoms with E-state index in [0.717, 1.165) is 37.0 Å². The third kappa shape index (κ3) is 5.28. The highest BCUT2D eigenvalue weighted by Gasteiger charge is 2.13. The second-order valence-electron chi connectivity index (χ2n) is 6.63. The van der Waals surface area contributed by atoms with Crippen molar-refractivity contribution in [2.24, 2.45) is 0 Å². The summed E-state index contributed by atoms with van der Waals surface area (Å²) >= 11 is 0. The number of hydrogen-bond acceptors (Lipinski definition) is 5. The highest BCUT2D eigenvalue weighted by Crippen LogP contribution is 2.33. The fraction of sp³-hybridized carbons (Fsp3) is 0.348. The van der Waals surface area contributed by atoms with Crippen LogP contribution in [0.25, 0.3) is 0 Å². The molecule has 0 fully saturated rings. The van der Waals surface area contributed by atoms with E-state index in [1.165, 1.54) is 11.1 Å². The summed E-state index contributed by atoms with van der Waals surface area (Å²) in [6.07, 6.45) is 5.76. The zero-order valence-electron chi connectivity index (χ0n) is 16.4. The van der Waals surface area contributed by atoms with E-state index >= 15 is 0 Å². The number of allylic oxidation sites excluding steroid dienone is 1. The second-order valence-corrected chi connectivity index (χ2v) is 6.63. The van der Waals surface area contributed by atoms with Crippen molar-refractivity contribution >= 4 is 6.29 Å². The van der Waals surface area contributed by atoms with Gasteiger partial charge in [-0.15, -0.1) is 0 Å². The van der Waals surface area contributed by atoms with E-state index in [0.29, 0.717) is 37.1 Å². The quantitative estimate of drug-likeness (QED) is 0.330. The Bertz CT molecular complexity index is 841. The van der Waals surface area contributed by atoms with Gasteiger partial charge in [0.15, 0.2) is 23.0 Å². The van der Waals surface area contributed by atoms with E-state index in [4.69, 9.17) is 18.9 Å². The largest absolute Gasteiger partial charge is 0.490 e. The maximum Gasteiger partial charge on any atom is 0.231 e. The average Bonchev–Trinajstić information content (AvgIpc) is 3.18. The molecule has 0 bridgehead atoms. The molecule has 5 heteroatoms. The fourth-order valence-corrected chi connectivity index (χ4v) is 3.00. The molecule has 2 aromatic rings. The number of ether oxygens (including phenoxy) is 4. The van der Waals surface area contributed by atoms with Crippen LogP contribution in [0.5, 0.6) is 23.0 Å². The number of benzene rings is 2. The molecule has 0 saturated carbocycles. The summed E-state index contributed by atoms with van der Waals surface area (Å²) in [5.41, 5.74) is 3.14. The smallest absolute Gasteiger partial charge is 0.231 e. The van der Waals surface area contributed by atoms with Gasteiger partial charge in [0.25, 0.3) is 0 Å². The van der Waals surface area contributed by atoms with Crippen LogP contribution < -0.4 is 18.9 Å². The number of aldehydes is 1. The predicted molar refractivity (Wildman–Crippen MR) is 108 cm³/mol. The van der Waals surface area contributed by atoms with Crippen molar-refractivity contribution in [3.63, 3.8) is 0 Å². The Kier molecular flexibility index (Phi) is 6.95. The van der Waals surface area contributed by atoms with Crippen LogP contribution in [0.4, 0.5) is 0 Å². The molecule has 0 spiro atoms. The van der Waals surface area contributed by atoms with Gasteiger partial charge in [-0.25, -0.2) is 0 Å². The van der Waals surface area contributed by atoms with Crippen LogP contribution in [-0.2, 0) is 6.42 Å². The minimum absolute atomic E-state index is 0.306. The lowest BCUT2D eigenvalue weighted by molar-refractivity contribution is 0.112. The van der Waals surface area contributed by atoms with Crippen molar-refractivity contribution in [2.45, 2.75) is 33.1 Å². The molecule has 148 valence electrons. The molecule has 3 rings (SSSR count). The Morgan fingerprint density at radius 1 is 1.07 bits per heavy atom.